The van der Waals surface area contributed by atoms with Crippen molar-refractivity contribution in [2.45, 2.75) is 6.10 Å². The lowest BCUT2D eigenvalue weighted by Gasteiger charge is -2.12. The first-order valence-corrected chi connectivity index (χ1v) is 6.86. The average molecular weight is 316 g/mol. The van der Waals surface area contributed by atoms with Crippen LogP contribution in [0.4, 0.5) is 16.0 Å². The molecular weight excluding hydrogens is 303 g/mol. The van der Waals surface area contributed by atoms with Gasteiger partial charge in [-0.15, -0.1) is 0 Å². The number of hydrogen-bond donors (Lipinski definition) is 2. The summed E-state index contributed by atoms with van der Waals surface area (Å²) in [5.41, 5.74) is 0.522. The highest BCUT2D eigenvalue weighted by Crippen LogP contribution is 2.26. The second kappa shape index (κ2) is 6.01. The molecule has 1 atom stereocenters. The maximum Gasteiger partial charge on any atom is 0.372 e. The van der Waals surface area contributed by atoms with E-state index in [4.69, 9.17) is 0 Å². The number of pyridine rings is 1. The minimum absolute atomic E-state index is 0.0246. The third kappa shape index (κ3) is 2.84. The maximum atomic E-state index is 13.6. The second-order valence-corrected chi connectivity index (χ2v) is 4.89. The van der Waals surface area contributed by atoms with Gasteiger partial charge in [0, 0.05) is 18.2 Å². The van der Waals surface area contributed by atoms with Crippen LogP contribution >= 0.6 is 0 Å². The van der Waals surface area contributed by atoms with E-state index < -0.39 is 16.8 Å². The summed E-state index contributed by atoms with van der Waals surface area (Å²) in [6.07, 6.45) is 0.375. The van der Waals surface area contributed by atoms with E-state index in [0.29, 0.717) is 5.65 Å². The van der Waals surface area contributed by atoms with Crippen molar-refractivity contribution in [3.05, 3.63) is 70.2 Å². The summed E-state index contributed by atoms with van der Waals surface area (Å²) >= 11 is 0. The molecule has 0 aliphatic carbocycles. The minimum atomic E-state index is -1.15. The predicted octanol–water partition coefficient (Wildman–Crippen LogP) is 2.53. The molecule has 2 aromatic heterocycles. The topological polar surface area (TPSA) is 92.7 Å². The van der Waals surface area contributed by atoms with Crippen molar-refractivity contribution in [2.75, 3.05) is 11.9 Å². The van der Waals surface area contributed by atoms with Gasteiger partial charge >= 0.3 is 5.82 Å². The number of aromatic nitrogens is 2. The van der Waals surface area contributed by atoms with Crippen molar-refractivity contribution < 1.29 is 14.4 Å². The lowest BCUT2D eigenvalue weighted by molar-refractivity contribution is -0.389. The monoisotopic (exact) mass is 316 g/mol. The van der Waals surface area contributed by atoms with Gasteiger partial charge < -0.3 is 20.5 Å². The van der Waals surface area contributed by atoms with Crippen molar-refractivity contribution in [1.82, 2.24) is 9.38 Å². The number of nitrogens with zero attached hydrogens (tertiary/aromatic N) is 3. The molecule has 0 amide bonds. The van der Waals surface area contributed by atoms with Crippen molar-refractivity contribution in [1.29, 1.82) is 0 Å². The molecule has 0 aliphatic heterocycles. The molecule has 3 rings (SSSR count). The van der Waals surface area contributed by atoms with Crippen molar-refractivity contribution in [3.63, 3.8) is 0 Å². The van der Waals surface area contributed by atoms with E-state index in [1.165, 1.54) is 28.8 Å². The molecule has 118 valence electrons. The first-order chi connectivity index (χ1) is 11.1. The normalized spacial score (nSPS) is 12.3. The van der Waals surface area contributed by atoms with E-state index in [0.717, 1.165) is 0 Å². The molecule has 0 fully saturated rings. The van der Waals surface area contributed by atoms with Gasteiger partial charge in [0.2, 0.25) is 11.5 Å². The van der Waals surface area contributed by atoms with Crippen molar-refractivity contribution >= 4 is 17.3 Å². The van der Waals surface area contributed by atoms with Crippen LogP contribution in [0.3, 0.4) is 0 Å². The molecule has 23 heavy (non-hydrogen) atoms. The zero-order valence-corrected chi connectivity index (χ0v) is 11.9. The van der Waals surface area contributed by atoms with Crippen molar-refractivity contribution in [2.24, 2.45) is 0 Å². The molecule has 7 nitrogen and oxygen atoms in total. The Hall–Kier alpha value is -3.00. The van der Waals surface area contributed by atoms with Gasteiger partial charge in [-0.2, -0.15) is 9.38 Å². The summed E-state index contributed by atoms with van der Waals surface area (Å²) < 4.78 is 15.0. The van der Waals surface area contributed by atoms with E-state index >= 15 is 0 Å². The van der Waals surface area contributed by atoms with Crippen molar-refractivity contribution in [3.8, 4) is 0 Å². The van der Waals surface area contributed by atoms with Crippen LogP contribution in [0.25, 0.3) is 5.65 Å². The smallest absolute Gasteiger partial charge is 0.372 e. The number of anilines is 1. The van der Waals surface area contributed by atoms with Crippen LogP contribution < -0.4 is 5.32 Å². The van der Waals surface area contributed by atoms with Crippen LogP contribution in [-0.4, -0.2) is 26.0 Å². The Morgan fingerprint density at radius 1 is 1.30 bits per heavy atom. The molecule has 3 aromatic rings. The number of halogens is 1. The predicted molar refractivity (Wildman–Crippen MR) is 81.7 cm³/mol. The van der Waals surface area contributed by atoms with Gasteiger partial charge in [0.25, 0.3) is 0 Å². The number of rotatable bonds is 5. The van der Waals surface area contributed by atoms with Crippen LogP contribution in [0.15, 0.2) is 48.7 Å². The lowest BCUT2D eigenvalue weighted by Crippen LogP contribution is -2.14. The lowest BCUT2D eigenvalue weighted by atomic mass is 10.1. The number of nitrogens with one attached hydrogen (secondary N) is 1. The summed E-state index contributed by atoms with van der Waals surface area (Å²) in [6.45, 7) is -0.106. The molecule has 0 spiro atoms. The number of benzene rings is 1. The average Bonchev–Trinajstić information content (AvgIpc) is 2.91. The molecule has 1 aromatic carbocycles. The fourth-order valence-corrected chi connectivity index (χ4v) is 2.32. The zero-order chi connectivity index (χ0) is 16.4. The first kappa shape index (κ1) is 14.9. The number of aliphatic hydroxyl groups excluding tert-OH is 1. The Morgan fingerprint density at radius 3 is 2.78 bits per heavy atom. The van der Waals surface area contributed by atoms with Gasteiger partial charge in [-0.1, -0.05) is 24.3 Å². The Kier molecular flexibility index (Phi) is 3.90. The Morgan fingerprint density at radius 2 is 2.04 bits per heavy atom. The number of nitro groups is 1. The molecule has 8 heteroatoms. The second-order valence-electron chi connectivity index (χ2n) is 4.89. The van der Waals surface area contributed by atoms with E-state index in [-0.39, 0.29) is 23.7 Å². The Balaban J connectivity index is 1.86. The number of hydrogen-bond acceptors (Lipinski definition) is 5. The summed E-state index contributed by atoms with van der Waals surface area (Å²) in [4.78, 5) is 14.8. The number of fused-ring (bicyclic) bond motifs is 1. The minimum Gasteiger partial charge on any atom is -0.386 e. The Bertz CT molecular complexity index is 865. The largest absolute Gasteiger partial charge is 0.386 e. The highest BCUT2D eigenvalue weighted by molar-refractivity contribution is 5.62. The van der Waals surface area contributed by atoms with Gasteiger partial charge in [0.1, 0.15) is 5.82 Å². The quantitative estimate of drug-likeness (QED) is 0.557. The Labute approximate surface area is 130 Å². The summed E-state index contributed by atoms with van der Waals surface area (Å²) in [5.74, 6) is -0.746. The van der Waals surface area contributed by atoms with Gasteiger partial charge in [-0.3, -0.25) is 0 Å². The van der Waals surface area contributed by atoms with Gasteiger partial charge in [-0.05, 0) is 17.1 Å². The molecule has 0 bridgehead atoms. The van der Waals surface area contributed by atoms with Crippen LogP contribution in [0.2, 0.25) is 0 Å². The molecule has 0 aliphatic rings. The highest BCUT2D eigenvalue weighted by atomic mass is 19.1. The molecule has 0 saturated heterocycles. The molecule has 0 saturated carbocycles. The zero-order valence-electron chi connectivity index (χ0n) is 11.9. The van der Waals surface area contributed by atoms with E-state index in [1.54, 1.807) is 24.3 Å². The van der Waals surface area contributed by atoms with E-state index in [2.05, 4.69) is 10.3 Å². The molecule has 2 N–H and O–H groups in total. The fourth-order valence-electron chi connectivity index (χ4n) is 2.32. The molecule has 2 heterocycles. The molecule has 0 radical (unpaired) electrons. The third-order valence-corrected chi connectivity index (χ3v) is 3.40. The summed E-state index contributed by atoms with van der Waals surface area (Å²) in [5, 5.41) is 24.0. The van der Waals surface area contributed by atoms with Gasteiger partial charge in [0.15, 0.2) is 0 Å². The van der Waals surface area contributed by atoms with Crippen LogP contribution in [-0.2, 0) is 0 Å². The number of aliphatic hydroxyl groups is 1. The van der Waals surface area contributed by atoms with Crippen LogP contribution in [0, 0.1) is 15.9 Å². The van der Waals surface area contributed by atoms with Crippen LogP contribution in [0.1, 0.15) is 11.7 Å². The third-order valence-electron chi connectivity index (χ3n) is 3.40. The van der Waals surface area contributed by atoms with E-state index in [1.807, 2.05) is 0 Å². The first-order valence-electron chi connectivity index (χ1n) is 6.86. The summed E-state index contributed by atoms with van der Waals surface area (Å²) in [6, 6.07) is 10.8. The molecular formula is C15H13FN4O3. The molecule has 0 unspecified atom stereocenters. The maximum absolute atomic E-state index is 13.6. The standard InChI is InChI=1S/C15H13FN4O3/c16-11-6-2-1-5-10(11)12(21)9-17-14-15(20(22)23)19-8-4-3-7-13(19)18-14/h1-8,12,17,21H,9H2/t12-/m1/s1. The summed E-state index contributed by atoms with van der Waals surface area (Å²) in [7, 11) is 0. The van der Waals surface area contributed by atoms with Crippen LogP contribution in [0.5, 0.6) is 0 Å². The highest BCUT2D eigenvalue weighted by Gasteiger charge is 2.23. The van der Waals surface area contributed by atoms with E-state index in [9.17, 15) is 19.6 Å². The SMILES string of the molecule is O=[N+]([O-])c1c(NC[C@@H](O)c2ccccc2F)nc2ccccn12. The number of imidazole rings is 1. The fraction of sp³-hybridized carbons (Fsp3) is 0.133. The van der Waals surface area contributed by atoms with Gasteiger partial charge in [-0.25, -0.2) is 4.39 Å². The van der Waals surface area contributed by atoms with Gasteiger partial charge in [0.05, 0.1) is 12.3 Å².